The molecule has 0 amide bonds. The number of piperidine rings is 1. The number of likely N-dealkylation sites (tertiary alicyclic amines) is 1. The zero-order valence-electron chi connectivity index (χ0n) is 12.7. The summed E-state index contributed by atoms with van der Waals surface area (Å²) < 4.78 is 0. The Morgan fingerprint density at radius 2 is 1.89 bits per heavy atom. The fraction of sp³-hybridized carbons (Fsp3) is 0.765. The van der Waals surface area contributed by atoms with Gasteiger partial charge in [-0.05, 0) is 63.4 Å². The molecule has 0 aromatic heterocycles. The largest absolute Gasteiger partial charge is 0.369 e. The molecule has 1 aliphatic carbocycles. The Balaban J connectivity index is 2.18. The van der Waals surface area contributed by atoms with Gasteiger partial charge in [0.25, 0.3) is 0 Å². The first kappa shape index (κ1) is 13.7. The van der Waals surface area contributed by atoms with Gasteiger partial charge in [-0.2, -0.15) is 0 Å². The SMILES string of the molecule is CC=C1/C(=C\C2C(C)CC2C)CCCN1C(C)C. The Morgan fingerprint density at radius 1 is 1.22 bits per heavy atom. The van der Waals surface area contributed by atoms with Gasteiger partial charge in [0.15, 0.2) is 0 Å². The molecule has 1 aliphatic heterocycles. The lowest BCUT2D eigenvalue weighted by molar-refractivity contribution is 0.146. The molecule has 18 heavy (non-hydrogen) atoms. The Bertz CT molecular complexity index is 343. The first-order valence-electron chi connectivity index (χ1n) is 7.68. The third-order valence-corrected chi connectivity index (χ3v) is 4.83. The topological polar surface area (TPSA) is 3.24 Å². The van der Waals surface area contributed by atoms with Crippen LogP contribution in [0, 0.1) is 17.8 Å². The molecule has 2 aliphatic rings. The van der Waals surface area contributed by atoms with Crippen LogP contribution in [0.25, 0.3) is 0 Å². The molecule has 0 N–H and O–H groups in total. The van der Waals surface area contributed by atoms with Gasteiger partial charge in [-0.1, -0.05) is 26.0 Å². The highest BCUT2D eigenvalue weighted by atomic mass is 15.2. The second kappa shape index (κ2) is 5.50. The minimum Gasteiger partial charge on any atom is -0.369 e. The molecule has 0 spiro atoms. The Hall–Kier alpha value is -0.720. The molecule has 0 aromatic rings. The van der Waals surface area contributed by atoms with Crippen LogP contribution in [-0.4, -0.2) is 17.5 Å². The lowest BCUT2D eigenvalue weighted by Crippen LogP contribution is -2.36. The van der Waals surface area contributed by atoms with Crippen LogP contribution in [0.5, 0.6) is 0 Å². The van der Waals surface area contributed by atoms with Crippen molar-refractivity contribution in [2.24, 2.45) is 17.8 Å². The van der Waals surface area contributed by atoms with Gasteiger partial charge in [0, 0.05) is 18.3 Å². The van der Waals surface area contributed by atoms with E-state index >= 15 is 0 Å². The second-order valence-electron chi connectivity index (χ2n) is 6.52. The quantitative estimate of drug-likeness (QED) is 0.688. The molecule has 0 bridgehead atoms. The van der Waals surface area contributed by atoms with Gasteiger partial charge in [0.1, 0.15) is 0 Å². The Kier molecular flexibility index (Phi) is 4.19. The van der Waals surface area contributed by atoms with Crippen molar-refractivity contribution < 1.29 is 0 Å². The van der Waals surface area contributed by atoms with E-state index in [4.69, 9.17) is 0 Å². The highest BCUT2D eigenvalue weighted by Gasteiger charge is 2.34. The Morgan fingerprint density at radius 3 is 2.39 bits per heavy atom. The molecule has 1 heterocycles. The molecular formula is C17H29N. The van der Waals surface area contributed by atoms with E-state index in [0.29, 0.717) is 6.04 Å². The van der Waals surface area contributed by atoms with Gasteiger partial charge in [0.2, 0.25) is 0 Å². The molecule has 2 rings (SSSR count). The van der Waals surface area contributed by atoms with Crippen LogP contribution in [0.4, 0.5) is 0 Å². The zero-order valence-corrected chi connectivity index (χ0v) is 12.7. The maximum atomic E-state index is 2.60. The summed E-state index contributed by atoms with van der Waals surface area (Å²) in [5.41, 5.74) is 3.11. The average Bonchev–Trinajstić information content (AvgIpc) is 2.35. The van der Waals surface area contributed by atoms with E-state index in [1.54, 1.807) is 5.57 Å². The predicted molar refractivity (Wildman–Crippen MR) is 79.4 cm³/mol. The van der Waals surface area contributed by atoms with Crippen LogP contribution in [0.15, 0.2) is 23.4 Å². The van der Waals surface area contributed by atoms with Crippen molar-refractivity contribution in [1.82, 2.24) is 4.90 Å². The summed E-state index contributed by atoms with van der Waals surface area (Å²) in [7, 11) is 0. The van der Waals surface area contributed by atoms with Crippen LogP contribution in [0.3, 0.4) is 0 Å². The highest BCUT2D eigenvalue weighted by molar-refractivity contribution is 5.33. The van der Waals surface area contributed by atoms with Crippen molar-refractivity contribution in [3.63, 3.8) is 0 Å². The van der Waals surface area contributed by atoms with Gasteiger partial charge in [-0.25, -0.2) is 0 Å². The zero-order chi connectivity index (χ0) is 13.3. The van der Waals surface area contributed by atoms with Crippen molar-refractivity contribution in [3.05, 3.63) is 23.4 Å². The number of hydrogen-bond acceptors (Lipinski definition) is 1. The lowest BCUT2D eigenvalue weighted by atomic mass is 9.65. The molecule has 1 saturated carbocycles. The van der Waals surface area contributed by atoms with Crippen LogP contribution in [-0.2, 0) is 0 Å². The number of allylic oxidation sites excluding steroid dienone is 3. The summed E-state index contributed by atoms with van der Waals surface area (Å²) >= 11 is 0. The van der Waals surface area contributed by atoms with Gasteiger partial charge in [-0.3, -0.25) is 0 Å². The highest BCUT2D eigenvalue weighted by Crippen LogP contribution is 2.43. The maximum Gasteiger partial charge on any atom is 0.0354 e. The van der Waals surface area contributed by atoms with E-state index in [2.05, 4.69) is 51.7 Å². The van der Waals surface area contributed by atoms with Gasteiger partial charge < -0.3 is 4.90 Å². The normalized spacial score (nSPS) is 37.4. The summed E-state index contributed by atoms with van der Waals surface area (Å²) in [6.45, 7) is 12.8. The van der Waals surface area contributed by atoms with Gasteiger partial charge in [-0.15, -0.1) is 0 Å². The van der Waals surface area contributed by atoms with Crippen LogP contribution >= 0.6 is 0 Å². The number of hydrogen-bond donors (Lipinski definition) is 0. The molecular weight excluding hydrogens is 218 g/mol. The lowest BCUT2D eigenvalue weighted by Gasteiger charge is -2.42. The fourth-order valence-corrected chi connectivity index (χ4v) is 3.76. The summed E-state index contributed by atoms with van der Waals surface area (Å²) in [5.74, 6) is 2.60. The van der Waals surface area contributed by atoms with E-state index in [0.717, 1.165) is 17.8 Å². The summed E-state index contributed by atoms with van der Waals surface area (Å²) in [5, 5.41) is 0. The molecule has 2 fully saturated rings. The third kappa shape index (κ3) is 2.50. The monoisotopic (exact) mass is 247 g/mol. The molecule has 2 unspecified atom stereocenters. The number of rotatable bonds is 2. The van der Waals surface area contributed by atoms with Gasteiger partial charge >= 0.3 is 0 Å². The standard InChI is InChI=1S/C17H29N/c1-6-17-15(8-7-9-18(17)12(2)3)11-16-13(4)10-14(16)5/h6,11-14,16H,7-10H2,1-5H3/b15-11-,17-6?. The van der Waals surface area contributed by atoms with E-state index in [1.807, 2.05) is 0 Å². The minimum absolute atomic E-state index is 0.621. The maximum absolute atomic E-state index is 2.60. The molecule has 1 heteroatoms. The molecule has 1 nitrogen and oxygen atoms in total. The molecule has 2 atom stereocenters. The van der Waals surface area contributed by atoms with Crippen molar-refractivity contribution in [2.75, 3.05) is 6.54 Å². The molecule has 1 saturated heterocycles. The van der Waals surface area contributed by atoms with E-state index in [-0.39, 0.29) is 0 Å². The van der Waals surface area contributed by atoms with Crippen molar-refractivity contribution >= 4 is 0 Å². The fourth-order valence-electron chi connectivity index (χ4n) is 3.76. The summed E-state index contributed by atoms with van der Waals surface area (Å²) in [4.78, 5) is 2.57. The van der Waals surface area contributed by atoms with Crippen LogP contribution < -0.4 is 0 Å². The Labute approximate surface area is 113 Å². The van der Waals surface area contributed by atoms with Gasteiger partial charge in [0.05, 0.1) is 0 Å². The minimum atomic E-state index is 0.621. The van der Waals surface area contributed by atoms with E-state index < -0.39 is 0 Å². The summed E-state index contributed by atoms with van der Waals surface area (Å²) in [6.07, 6.45) is 8.92. The van der Waals surface area contributed by atoms with Crippen LogP contribution in [0.1, 0.15) is 53.9 Å². The van der Waals surface area contributed by atoms with Crippen molar-refractivity contribution in [1.29, 1.82) is 0 Å². The molecule has 0 aromatic carbocycles. The second-order valence-corrected chi connectivity index (χ2v) is 6.52. The molecule has 0 radical (unpaired) electrons. The van der Waals surface area contributed by atoms with Crippen LogP contribution in [0.2, 0.25) is 0 Å². The first-order chi connectivity index (χ1) is 8.54. The average molecular weight is 247 g/mol. The summed E-state index contributed by atoms with van der Waals surface area (Å²) in [6, 6.07) is 0.621. The van der Waals surface area contributed by atoms with Crippen molar-refractivity contribution in [2.45, 2.75) is 59.9 Å². The third-order valence-electron chi connectivity index (χ3n) is 4.83. The van der Waals surface area contributed by atoms with Crippen molar-refractivity contribution in [3.8, 4) is 0 Å². The number of nitrogens with zero attached hydrogens (tertiary/aromatic N) is 1. The van der Waals surface area contributed by atoms with E-state index in [1.165, 1.54) is 31.5 Å². The molecule has 102 valence electrons. The van der Waals surface area contributed by atoms with E-state index in [9.17, 15) is 0 Å². The smallest absolute Gasteiger partial charge is 0.0354 e. The first-order valence-corrected chi connectivity index (χ1v) is 7.68. The predicted octanol–water partition coefficient (Wildman–Crippen LogP) is 4.61.